The molecule has 5 nitrogen and oxygen atoms in total. The second-order valence-electron chi connectivity index (χ2n) is 5.47. The fourth-order valence-electron chi connectivity index (χ4n) is 2.52. The number of hydrogen-bond acceptors (Lipinski definition) is 4. The highest BCUT2D eigenvalue weighted by atomic mass is 35.5. The van der Waals surface area contributed by atoms with Gasteiger partial charge in [0.1, 0.15) is 0 Å². The van der Waals surface area contributed by atoms with Gasteiger partial charge in [-0.25, -0.2) is 8.42 Å². The van der Waals surface area contributed by atoms with E-state index < -0.39 is 9.84 Å². The number of halogens is 1. The van der Waals surface area contributed by atoms with E-state index in [1.807, 2.05) is 12.1 Å². The molecule has 1 fully saturated rings. The van der Waals surface area contributed by atoms with E-state index in [-0.39, 0.29) is 23.5 Å². The Kier molecular flexibility index (Phi) is 6.21. The molecule has 2 rings (SSSR count). The van der Waals surface area contributed by atoms with Crippen LogP contribution in [0.2, 0.25) is 5.02 Å². The Bertz CT molecular complexity index is 670. The maximum atomic E-state index is 12.5. The molecule has 126 valence electrons. The highest BCUT2D eigenvalue weighted by Gasteiger charge is 2.33. The first-order chi connectivity index (χ1) is 10.9. The minimum atomic E-state index is -3.04. The Balaban J connectivity index is 2.08. The fraction of sp³-hybridized carbons (Fsp3) is 0.438. The summed E-state index contributed by atoms with van der Waals surface area (Å²) < 4.78 is 28.3. The zero-order valence-corrected chi connectivity index (χ0v) is 14.5. The third-order valence-corrected chi connectivity index (χ3v) is 5.76. The molecular formula is C16H20ClNO4S. The van der Waals surface area contributed by atoms with Gasteiger partial charge in [-0.05, 0) is 30.2 Å². The molecule has 0 bridgehead atoms. The van der Waals surface area contributed by atoms with Crippen LogP contribution in [-0.4, -0.2) is 57.0 Å². The quantitative estimate of drug-likeness (QED) is 0.731. The lowest BCUT2D eigenvalue weighted by molar-refractivity contribution is -0.128. The van der Waals surface area contributed by atoms with Gasteiger partial charge in [0.15, 0.2) is 9.84 Å². The predicted molar refractivity (Wildman–Crippen MR) is 91.1 cm³/mol. The van der Waals surface area contributed by atoms with E-state index >= 15 is 0 Å². The van der Waals surface area contributed by atoms with Crippen molar-refractivity contribution in [3.05, 3.63) is 40.9 Å². The monoisotopic (exact) mass is 357 g/mol. The van der Waals surface area contributed by atoms with Crippen molar-refractivity contribution in [3.8, 4) is 0 Å². The number of nitrogens with zero attached hydrogens (tertiary/aromatic N) is 1. The SMILES string of the molecule is COCCN(C(=O)/C=C/c1ccc(Cl)cc1)C1CCS(=O)(=O)C1. The van der Waals surface area contributed by atoms with Gasteiger partial charge in [-0.3, -0.25) is 4.79 Å². The molecule has 1 saturated heterocycles. The predicted octanol–water partition coefficient (Wildman–Crippen LogP) is 2.02. The van der Waals surface area contributed by atoms with Crippen LogP contribution in [0.3, 0.4) is 0 Å². The number of methoxy groups -OCH3 is 1. The first kappa shape index (κ1) is 18.0. The van der Waals surface area contributed by atoms with E-state index in [0.29, 0.717) is 24.6 Å². The van der Waals surface area contributed by atoms with Gasteiger partial charge in [-0.2, -0.15) is 0 Å². The molecule has 1 aliphatic rings. The smallest absolute Gasteiger partial charge is 0.246 e. The van der Waals surface area contributed by atoms with Crippen molar-refractivity contribution in [3.63, 3.8) is 0 Å². The topological polar surface area (TPSA) is 63.7 Å². The average Bonchev–Trinajstić information content (AvgIpc) is 2.87. The lowest BCUT2D eigenvalue weighted by Crippen LogP contribution is -2.42. The van der Waals surface area contributed by atoms with Crippen molar-refractivity contribution in [2.24, 2.45) is 0 Å². The second-order valence-corrected chi connectivity index (χ2v) is 8.13. The Morgan fingerprint density at radius 2 is 2.09 bits per heavy atom. The number of hydrogen-bond donors (Lipinski definition) is 0. The Morgan fingerprint density at radius 3 is 2.65 bits per heavy atom. The molecule has 7 heteroatoms. The number of rotatable bonds is 6. The van der Waals surface area contributed by atoms with Crippen LogP contribution in [-0.2, 0) is 19.4 Å². The third-order valence-electron chi connectivity index (χ3n) is 3.76. The van der Waals surface area contributed by atoms with Crippen LogP contribution in [0.25, 0.3) is 6.08 Å². The molecule has 1 atom stereocenters. The molecular weight excluding hydrogens is 338 g/mol. The maximum absolute atomic E-state index is 12.5. The Labute approximate surface area is 141 Å². The Hall–Kier alpha value is -1.37. The first-order valence-corrected chi connectivity index (χ1v) is 9.55. The van der Waals surface area contributed by atoms with Gasteiger partial charge >= 0.3 is 0 Å². The molecule has 0 N–H and O–H groups in total. The number of benzene rings is 1. The van der Waals surface area contributed by atoms with Gasteiger partial charge in [0, 0.05) is 30.8 Å². The second kappa shape index (κ2) is 7.95. The van der Waals surface area contributed by atoms with Crippen LogP contribution >= 0.6 is 11.6 Å². The number of amides is 1. The molecule has 1 heterocycles. The molecule has 1 aliphatic heterocycles. The van der Waals surface area contributed by atoms with E-state index in [0.717, 1.165) is 5.56 Å². The summed E-state index contributed by atoms with van der Waals surface area (Å²) in [6.07, 6.45) is 3.64. The number of ether oxygens (including phenoxy) is 1. The lowest BCUT2D eigenvalue weighted by Gasteiger charge is -2.26. The zero-order valence-electron chi connectivity index (χ0n) is 12.9. The van der Waals surface area contributed by atoms with E-state index in [1.54, 1.807) is 30.2 Å². The van der Waals surface area contributed by atoms with Crippen molar-refractivity contribution in [2.45, 2.75) is 12.5 Å². The first-order valence-electron chi connectivity index (χ1n) is 7.35. The molecule has 0 spiro atoms. The summed E-state index contributed by atoms with van der Waals surface area (Å²) >= 11 is 5.82. The van der Waals surface area contributed by atoms with Crippen molar-refractivity contribution in [1.29, 1.82) is 0 Å². The molecule has 0 aromatic heterocycles. The summed E-state index contributed by atoms with van der Waals surface area (Å²) in [7, 11) is -1.49. The van der Waals surface area contributed by atoms with Crippen molar-refractivity contribution in [2.75, 3.05) is 31.8 Å². The molecule has 23 heavy (non-hydrogen) atoms. The van der Waals surface area contributed by atoms with Gasteiger partial charge in [-0.1, -0.05) is 23.7 Å². The third kappa shape index (κ3) is 5.34. The van der Waals surface area contributed by atoms with E-state index in [1.165, 1.54) is 6.08 Å². The molecule has 1 aromatic carbocycles. The van der Waals surface area contributed by atoms with E-state index in [2.05, 4.69) is 0 Å². The van der Waals surface area contributed by atoms with Crippen molar-refractivity contribution in [1.82, 2.24) is 4.90 Å². The summed E-state index contributed by atoms with van der Waals surface area (Å²) in [5, 5.41) is 0.631. The highest BCUT2D eigenvalue weighted by Crippen LogP contribution is 2.18. The van der Waals surface area contributed by atoms with Crippen molar-refractivity contribution < 1.29 is 17.9 Å². The van der Waals surface area contributed by atoms with Crippen LogP contribution < -0.4 is 0 Å². The molecule has 0 radical (unpaired) electrons. The van der Waals surface area contributed by atoms with E-state index in [9.17, 15) is 13.2 Å². The standard InChI is InChI=1S/C16H20ClNO4S/c1-22-10-9-18(15-8-11-23(20,21)12-15)16(19)7-4-13-2-5-14(17)6-3-13/h2-7,15H,8-12H2,1H3/b7-4+. The summed E-state index contributed by atoms with van der Waals surface area (Å²) in [4.78, 5) is 14.0. The molecule has 1 aromatic rings. The molecule has 0 saturated carbocycles. The van der Waals surface area contributed by atoms with Gasteiger partial charge in [-0.15, -0.1) is 0 Å². The number of carbonyl (C=O) groups is 1. The fourth-order valence-corrected chi connectivity index (χ4v) is 4.38. The highest BCUT2D eigenvalue weighted by molar-refractivity contribution is 7.91. The molecule has 1 amide bonds. The number of sulfone groups is 1. The summed E-state index contributed by atoms with van der Waals surface area (Å²) in [5.41, 5.74) is 0.855. The minimum absolute atomic E-state index is 0.0250. The van der Waals surface area contributed by atoms with Gasteiger partial charge in [0.05, 0.1) is 18.1 Å². The molecule has 0 aliphatic carbocycles. The molecule has 1 unspecified atom stereocenters. The van der Waals surface area contributed by atoms with Crippen LogP contribution in [0.4, 0.5) is 0 Å². The van der Waals surface area contributed by atoms with Gasteiger partial charge in [0.25, 0.3) is 0 Å². The number of carbonyl (C=O) groups excluding carboxylic acids is 1. The minimum Gasteiger partial charge on any atom is -0.383 e. The lowest BCUT2D eigenvalue weighted by atomic mass is 10.2. The largest absolute Gasteiger partial charge is 0.383 e. The summed E-state index contributed by atoms with van der Waals surface area (Å²) in [5.74, 6) is -0.0499. The van der Waals surface area contributed by atoms with Gasteiger partial charge < -0.3 is 9.64 Å². The summed E-state index contributed by atoms with van der Waals surface area (Å²) in [6, 6.07) is 6.84. The maximum Gasteiger partial charge on any atom is 0.246 e. The zero-order chi connectivity index (χ0) is 16.9. The normalized spacial score (nSPS) is 20.0. The van der Waals surface area contributed by atoms with Crippen LogP contribution in [0.15, 0.2) is 30.3 Å². The van der Waals surface area contributed by atoms with Crippen molar-refractivity contribution >= 4 is 33.4 Å². The van der Waals surface area contributed by atoms with Crippen LogP contribution in [0.1, 0.15) is 12.0 Å². The Morgan fingerprint density at radius 1 is 1.39 bits per heavy atom. The average molecular weight is 358 g/mol. The summed E-state index contributed by atoms with van der Waals surface area (Å²) in [6.45, 7) is 0.748. The van der Waals surface area contributed by atoms with Crippen LogP contribution in [0, 0.1) is 0 Å². The van der Waals surface area contributed by atoms with Crippen LogP contribution in [0.5, 0.6) is 0 Å². The van der Waals surface area contributed by atoms with E-state index in [4.69, 9.17) is 16.3 Å². The van der Waals surface area contributed by atoms with Gasteiger partial charge in [0.2, 0.25) is 5.91 Å².